The Bertz CT molecular complexity index is 379. The highest BCUT2D eigenvalue weighted by molar-refractivity contribution is 5.96. The summed E-state index contributed by atoms with van der Waals surface area (Å²) >= 11 is 0. The maximum Gasteiger partial charge on any atom is 0.316 e. The van der Waals surface area contributed by atoms with Crippen molar-refractivity contribution in [1.29, 1.82) is 0 Å². The number of amides is 1. The molecule has 1 amide bonds. The number of carbonyl (C=O) groups excluding carboxylic acids is 1. The van der Waals surface area contributed by atoms with E-state index >= 15 is 0 Å². The number of rotatable bonds is 6. The molecule has 0 spiro atoms. The van der Waals surface area contributed by atoms with Crippen LogP contribution in [0.1, 0.15) is 18.9 Å². The van der Waals surface area contributed by atoms with E-state index in [2.05, 4.69) is 10.3 Å². The van der Waals surface area contributed by atoms with Crippen LogP contribution in [0, 0.1) is 5.92 Å². The lowest BCUT2D eigenvalue weighted by Gasteiger charge is -2.10. The molecule has 1 aromatic heterocycles. The number of nitrogens with one attached hydrogen (secondary N) is 1. The number of carbonyl (C=O) groups is 2. The van der Waals surface area contributed by atoms with Crippen LogP contribution in [0.5, 0.6) is 0 Å². The predicted octanol–water partition coefficient (Wildman–Crippen LogP) is 0.851. The average molecular weight is 236 g/mol. The molecule has 0 radical (unpaired) electrons. The molecule has 0 aliphatic rings. The number of carboxylic acid groups (broad SMARTS) is 1. The Morgan fingerprint density at radius 2 is 2.06 bits per heavy atom. The Kier molecular flexibility index (Phi) is 5.13. The van der Waals surface area contributed by atoms with E-state index in [1.54, 1.807) is 19.3 Å². The van der Waals surface area contributed by atoms with Gasteiger partial charge in [0, 0.05) is 18.9 Å². The van der Waals surface area contributed by atoms with Gasteiger partial charge in [-0.3, -0.25) is 14.6 Å². The molecule has 5 heteroatoms. The number of pyridine rings is 1. The molecule has 1 heterocycles. The molecule has 1 aromatic rings. The second-order valence-electron chi connectivity index (χ2n) is 3.70. The molecule has 2 N–H and O–H groups in total. The van der Waals surface area contributed by atoms with Gasteiger partial charge in [0.15, 0.2) is 0 Å². The van der Waals surface area contributed by atoms with Crippen molar-refractivity contribution < 1.29 is 14.7 Å². The van der Waals surface area contributed by atoms with Crippen LogP contribution in [0.3, 0.4) is 0 Å². The summed E-state index contributed by atoms with van der Waals surface area (Å²) in [5, 5.41) is 11.4. The molecule has 5 nitrogen and oxygen atoms in total. The van der Waals surface area contributed by atoms with Crippen LogP contribution < -0.4 is 5.32 Å². The summed E-state index contributed by atoms with van der Waals surface area (Å²) < 4.78 is 0. The van der Waals surface area contributed by atoms with E-state index < -0.39 is 17.8 Å². The van der Waals surface area contributed by atoms with Gasteiger partial charge in [0.05, 0.1) is 0 Å². The van der Waals surface area contributed by atoms with Gasteiger partial charge in [-0.1, -0.05) is 6.92 Å². The van der Waals surface area contributed by atoms with E-state index in [0.29, 0.717) is 19.4 Å². The fraction of sp³-hybridized carbons (Fsp3) is 0.417. The lowest BCUT2D eigenvalue weighted by molar-refractivity contribution is -0.147. The smallest absolute Gasteiger partial charge is 0.316 e. The van der Waals surface area contributed by atoms with Crippen molar-refractivity contribution in [2.45, 2.75) is 19.8 Å². The van der Waals surface area contributed by atoms with E-state index in [1.807, 2.05) is 12.1 Å². The first kappa shape index (κ1) is 13.2. The van der Waals surface area contributed by atoms with Gasteiger partial charge < -0.3 is 10.4 Å². The first-order valence-corrected chi connectivity index (χ1v) is 5.54. The average Bonchev–Trinajstić information content (AvgIpc) is 2.30. The van der Waals surface area contributed by atoms with Crippen LogP contribution in [0.2, 0.25) is 0 Å². The van der Waals surface area contributed by atoms with Gasteiger partial charge in [0.2, 0.25) is 5.91 Å². The monoisotopic (exact) mass is 236 g/mol. The van der Waals surface area contributed by atoms with Crippen LogP contribution in [0.4, 0.5) is 0 Å². The van der Waals surface area contributed by atoms with Crippen LogP contribution in [0.25, 0.3) is 0 Å². The molecule has 0 aliphatic heterocycles. The molecule has 0 saturated heterocycles. The zero-order chi connectivity index (χ0) is 12.7. The summed E-state index contributed by atoms with van der Waals surface area (Å²) in [4.78, 5) is 26.1. The van der Waals surface area contributed by atoms with Gasteiger partial charge in [-0.25, -0.2) is 0 Å². The summed E-state index contributed by atoms with van der Waals surface area (Å²) in [6.45, 7) is 2.12. The van der Waals surface area contributed by atoms with Gasteiger partial charge in [0.25, 0.3) is 0 Å². The molecule has 0 saturated carbocycles. The standard InChI is InChI=1S/C12H16N2O3/c1-2-10(12(16)17)11(15)14-8-5-9-3-6-13-7-4-9/h3-4,6-7,10H,2,5,8H2,1H3,(H,14,15)(H,16,17). The molecule has 1 atom stereocenters. The van der Waals surface area contributed by atoms with Gasteiger partial charge in [-0.2, -0.15) is 0 Å². The lowest BCUT2D eigenvalue weighted by Crippen LogP contribution is -2.36. The van der Waals surface area contributed by atoms with E-state index in [0.717, 1.165) is 5.56 Å². The molecule has 17 heavy (non-hydrogen) atoms. The SMILES string of the molecule is CCC(C(=O)O)C(=O)NCCc1ccncc1. The number of aliphatic carboxylic acids is 1. The normalized spacial score (nSPS) is 11.8. The minimum absolute atomic E-state index is 0.302. The number of hydrogen-bond donors (Lipinski definition) is 2. The van der Waals surface area contributed by atoms with E-state index in [9.17, 15) is 9.59 Å². The minimum Gasteiger partial charge on any atom is -0.481 e. The van der Waals surface area contributed by atoms with Crippen molar-refractivity contribution in [3.63, 3.8) is 0 Å². The summed E-state index contributed by atoms with van der Waals surface area (Å²) in [6, 6.07) is 3.72. The zero-order valence-corrected chi connectivity index (χ0v) is 9.72. The van der Waals surface area contributed by atoms with Crippen molar-refractivity contribution in [2.75, 3.05) is 6.54 Å². The molecule has 0 fully saturated rings. The molecule has 1 rings (SSSR count). The zero-order valence-electron chi connectivity index (χ0n) is 9.72. The van der Waals surface area contributed by atoms with E-state index in [-0.39, 0.29) is 0 Å². The van der Waals surface area contributed by atoms with Gasteiger partial charge in [-0.15, -0.1) is 0 Å². The second kappa shape index (κ2) is 6.62. The third-order valence-electron chi connectivity index (χ3n) is 2.49. The number of hydrogen-bond acceptors (Lipinski definition) is 3. The fourth-order valence-corrected chi connectivity index (χ4v) is 1.47. The first-order chi connectivity index (χ1) is 8.15. The summed E-state index contributed by atoms with van der Waals surface area (Å²) in [7, 11) is 0. The highest BCUT2D eigenvalue weighted by Crippen LogP contribution is 2.03. The minimum atomic E-state index is -1.08. The maximum atomic E-state index is 11.5. The number of nitrogens with zero attached hydrogens (tertiary/aromatic N) is 1. The summed E-state index contributed by atoms with van der Waals surface area (Å²) in [5.41, 5.74) is 1.06. The topological polar surface area (TPSA) is 79.3 Å². The highest BCUT2D eigenvalue weighted by atomic mass is 16.4. The Morgan fingerprint density at radius 3 is 2.59 bits per heavy atom. The van der Waals surface area contributed by atoms with Crippen LogP contribution in [0.15, 0.2) is 24.5 Å². The molecular weight excluding hydrogens is 220 g/mol. The quantitative estimate of drug-likeness (QED) is 0.718. The largest absolute Gasteiger partial charge is 0.481 e. The van der Waals surface area contributed by atoms with Crippen molar-refractivity contribution in [2.24, 2.45) is 5.92 Å². The number of carboxylic acids is 1. The predicted molar refractivity (Wildman–Crippen MR) is 62.4 cm³/mol. The highest BCUT2D eigenvalue weighted by Gasteiger charge is 2.23. The van der Waals surface area contributed by atoms with E-state index in [4.69, 9.17) is 5.11 Å². The molecular formula is C12H16N2O3. The third-order valence-corrected chi connectivity index (χ3v) is 2.49. The van der Waals surface area contributed by atoms with Crippen molar-refractivity contribution in [3.8, 4) is 0 Å². The van der Waals surface area contributed by atoms with Crippen molar-refractivity contribution >= 4 is 11.9 Å². The Labute approximate surface area is 99.9 Å². The first-order valence-electron chi connectivity index (χ1n) is 5.54. The number of aromatic nitrogens is 1. The maximum absolute atomic E-state index is 11.5. The molecule has 92 valence electrons. The van der Waals surface area contributed by atoms with E-state index in [1.165, 1.54) is 0 Å². The molecule has 0 aliphatic carbocycles. The Morgan fingerprint density at radius 1 is 1.41 bits per heavy atom. The van der Waals surface area contributed by atoms with Crippen molar-refractivity contribution in [1.82, 2.24) is 10.3 Å². The fourth-order valence-electron chi connectivity index (χ4n) is 1.47. The Balaban J connectivity index is 2.36. The van der Waals surface area contributed by atoms with Gasteiger partial charge >= 0.3 is 5.97 Å². The third kappa shape index (κ3) is 4.22. The molecule has 0 bridgehead atoms. The second-order valence-corrected chi connectivity index (χ2v) is 3.70. The van der Waals surface area contributed by atoms with Gasteiger partial charge in [-0.05, 0) is 30.5 Å². The van der Waals surface area contributed by atoms with Gasteiger partial charge in [0.1, 0.15) is 5.92 Å². The molecule has 1 unspecified atom stereocenters. The Hall–Kier alpha value is -1.91. The summed E-state index contributed by atoms with van der Waals surface area (Å²) in [5.74, 6) is -2.45. The molecule has 0 aromatic carbocycles. The summed E-state index contributed by atoms with van der Waals surface area (Å²) in [6.07, 6.45) is 4.34. The van der Waals surface area contributed by atoms with Crippen LogP contribution in [-0.2, 0) is 16.0 Å². The van der Waals surface area contributed by atoms with Crippen LogP contribution in [-0.4, -0.2) is 28.5 Å². The lowest BCUT2D eigenvalue weighted by atomic mass is 10.1. The van der Waals surface area contributed by atoms with Crippen LogP contribution >= 0.6 is 0 Å². The van der Waals surface area contributed by atoms with Crippen molar-refractivity contribution in [3.05, 3.63) is 30.1 Å².